The van der Waals surface area contributed by atoms with E-state index in [-0.39, 0.29) is 5.92 Å². The molecule has 4 rings (SSSR count). The molecule has 2 aliphatic rings. The van der Waals surface area contributed by atoms with Gasteiger partial charge in [-0.2, -0.15) is 0 Å². The zero-order chi connectivity index (χ0) is 12.8. The van der Waals surface area contributed by atoms with Crippen LogP contribution in [0.5, 0.6) is 0 Å². The van der Waals surface area contributed by atoms with Crippen LogP contribution in [0.15, 0.2) is 24.3 Å². The summed E-state index contributed by atoms with van der Waals surface area (Å²) >= 11 is 0. The van der Waals surface area contributed by atoms with E-state index in [1.54, 1.807) is 0 Å². The number of fused-ring (bicyclic) bond motifs is 5. The van der Waals surface area contributed by atoms with E-state index in [4.69, 9.17) is 0 Å². The molecule has 1 saturated heterocycles. The molecule has 0 spiro atoms. The number of hydrogen-bond donors (Lipinski definition) is 1. The van der Waals surface area contributed by atoms with Gasteiger partial charge in [0.05, 0.1) is 6.04 Å². The lowest BCUT2D eigenvalue weighted by atomic mass is 9.85. The van der Waals surface area contributed by atoms with E-state index in [2.05, 4.69) is 34.1 Å². The standard InChI is InChI=1S/C16H18N2O/c19-10-11-5-7-18-8-6-13-12-3-1-2-4-14(12)17-16(13)15(18)9-11/h1-4,10-11,15,17H,5-9H2/t11-,15-/m1/s1. The number of carbonyl (C=O) groups is 1. The molecule has 0 bridgehead atoms. The van der Waals surface area contributed by atoms with Crippen molar-refractivity contribution in [1.82, 2.24) is 9.88 Å². The Balaban J connectivity index is 1.82. The van der Waals surface area contributed by atoms with Crippen LogP contribution in [0.2, 0.25) is 0 Å². The highest BCUT2D eigenvalue weighted by Crippen LogP contribution is 2.40. The fourth-order valence-corrected chi connectivity index (χ4v) is 3.76. The molecule has 19 heavy (non-hydrogen) atoms. The third-order valence-electron chi connectivity index (χ3n) is 4.78. The number of nitrogens with one attached hydrogen (secondary N) is 1. The van der Waals surface area contributed by atoms with E-state index >= 15 is 0 Å². The molecule has 3 heteroatoms. The lowest BCUT2D eigenvalue weighted by Crippen LogP contribution is -2.41. The number of para-hydroxylation sites is 1. The Labute approximate surface area is 112 Å². The van der Waals surface area contributed by atoms with E-state index in [1.165, 1.54) is 22.2 Å². The zero-order valence-electron chi connectivity index (χ0n) is 10.9. The summed E-state index contributed by atoms with van der Waals surface area (Å²) in [5, 5.41) is 1.37. The van der Waals surface area contributed by atoms with E-state index in [0.29, 0.717) is 6.04 Å². The maximum absolute atomic E-state index is 11.1. The minimum Gasteiger partial charge on any atom is -0.357 e. The number of aldehydes is 1. The molecule has 3 heterocycles. The summed E-state index contributed by atoms with van der Waals surface area (Å²) in [5.41, 5.74) is 4.07. The molecule has 0 aliphatic carbocycles. The molecule has 2 aromatic rings. The summed E-state index contributed by atoms with van der Waals surface area (Å²) in [6, 6.07) is 8.97. The van der Waals surface area contributed by atoms with Crippen molar-refractivity contribution in [2.24, 2.45) is 5.92 Å². The number of carbonyl (C=O) groups excluding carboxylic acids is 1. The van der Waals surface area contributed by atoms with Crippen molar-refractivity contribution >= 4 is 17.2 Å². The highest BCUT2D eigenvalue weighted by atomic mass is 16.1. The maximum Gasteiger partial charge on any atom is 0.123 e. The van der Waals surface area contributed by atoms with Gasteiger partial charge in [-0.25, -0.2) is 0 Å². The van der Waals surface area contributed by atoms with Gasteiger partial charge in [0.1, 0.15) is 6.29 Å². The van der Waals surface area contributed by atoms with Crippen LogP contribution in [0.3, 0.4) is 0 Å². The summed E-state index contributed by atoms with van der Waals surface area (Å²) in [7, 11) is 0. The highest BCUT2D eigenvalue weighted by molar-refractivity contribution is 5.85. The van der Waals surface area contributed by atoms with Gasteiger partial charge in [-0.3, -0.25) is 4.90 Å². The van der Waals surface area contributed by atoms with Gasteiger partial charge in [0.15, 0.2) is 0 Å². The molecule has 1 aromatic heterocycles. The third kappa shape index (κ3) is 1.65. The second-order valence-corrected chi connectivity index (χ2v) is 5.79. The van der Waals surface area contributed by atoms with Crippen LogP contribution in [0.1, 0.15) is 30.1 Å². The van der Waals surface area contributed by atoms with E-state index in [1.807, 2.05) is 0 Å². The van der Waals surface area contributed by atoms with E-state index in [9.17, 15) is 4.79 Å². The van der Waals surface area contributed by atoms with Crippen molar-refractivity contribution in [2.75, 3.05) is 13.1 Å². The van der Waals surface area contributed by atoms with Crippen molar-refractivity contribution in [3.8, 4) is 0 Å². The molecule has 2 atom stereocenters. The average Bonchev–Trinajstić information content (AvgIpc) is 2.85. The van der Waals surface area contributed by atoms with Crippen LogP contribution >= 0.6 is 0 Å². The first-order valence-corrected chi connectivity index (χ1v) is 7.15. The lowest BCUT2D eigenvalue weighted by molar-refractivity contribution is -0.113. The van der Waals surface area contributed by atoms with Crippen LogP contribution in [-0.4, -0.2) is 29.3 Å². The molecule has 3 nitrogen and oxygen atoms in total. The first-order chi connectivity index (χ1) is 9.36. The van der Waals surface area contributed by atoms with Gasteiger partial charge in [0.2, 0.25) is 0 Å². The zero-order valence-corrected chi connectivity index (χ0v) is 10.9. The number of aromatic nitrogens is 1. The van der Waals surface area contributed by atoms with Crippen molar-refractivity contribution < 1.29 is 4.79 Å². The third-order valence-corrected chi connectivity index (χ3v) is 4.78. The van der Waals surface area contributed by atoms with Crippen molar-refractivity contribution in [3.63, 3.8) is 0 Å². The van der Waals surface area contributed by atoms with E-state index < -0.39 is 0 Å². The second-order valence-electron chi connectivity index (χ2n) is 5.79. The molecule has 1 N–H and O–H groups in total. The Kier molecular flexibility index (Phi) is 2.49. The fraction of sp³-hybridized carbons (Fsp3) is 0.438. The number of rotatable bonds is 1. The minimum absolute atomic E-state index is 0.235. The molecule has 0 saturated carbocycles. The van der Waals surface area contributed by atoms with Crippen LogP contribution < -0.4 is 0 Å². The molecule has 2 aliphatic heterocycles. The van der Waals surface area contributed by atoms with Crippen LogP contribution in [0.4, 0.5) is 0 Å². The average molecular weight is 254 g/mol. The fourth-order valence-electron chi connectivity index (χ4n) is 3.76. The number of hydrogen-bond acceptors (Lipinski definition) is 2. The monoisotopic (exact) mass is 254 g/mol. The Hall–Kier alpha value is -1.61. The number of aromatic amines is 1. The molecular formula is C16H18N2O. The van der Waals surface area contributed by atoms with Gasteiger partial charge < -0.3 is 9.78 Å². The molecule has 1 fully saturated rings. The van der Waals surface area contributed by atoms with E-state index in [0.717, 1.165) is 38.6 Å². The summed E-state index contributed by atoms with van der Waals surface area (Å²) in [6.45, 7) is 2.19. The summed E-state index contributed by atoms with van der Waals surface area (Å²) in [6.07, 6.45) is 4.27. The van der Waals surface area contributed by atoms with Crippen molar-refractivity contribution in [1.29, 1.82) is 0 Å². The predicted octanol–water partition coefficient (Wildman–Crippen LogP) is 2.68. The van der Waals surface area contributed by atoms with Crippen molar-refractivity contribution in [2.45, 2.75) is 25.3 Å². The van der Waals surface area contributed by atoms with Gasteiger partial charge in [-0.1, -0.05) is 18.2 Å². The van der Waals surface area contributed by atoms with Crippen LogP contribution in [0.25, 0.3) is 10.9 Å². The molecule has 1 aromatic carbocycles. The minimum atomic E-state index is 0.235. The Bertz CT molecular complexity index is 631. The van der Waals surface area contributed by atoms with Gasteiger partial charge >= 0.3 is 0 Å². The number of piperidine rings is 1. The molecule has 0 unspecified atom stereocenters. The highest BCUT2D eigenvalue weighted by Gasteiger charge is 2.35. The Morgan fingerprint density at radius 3 is 3.05 bits per heavy atom. The van der Waals surface area contributed by atoms with Gasteiger partial charge in [-0.05, 0) is 37.4 Å². The SMILES string of the molecule is O=C[C@@H]1CCN2CCc3c([nH]c4ccccc34)[C@H]2C1. The molecule has 0 radical (unpaired) electrons. The van der Waals surface area contributed by atoms with Crippen molar-refractivity contribution in [3.05, 3.63) is 35.5 Å². The Morgan fingerprint density at radius 1 is 1.26 bits per heavy atom. The summed E-state index contributed by atoms with van der Waals surface area (Å²) < 4.78 is 0. The Morgan fingerprint density at radius 2 is 2.16 bits per heavy atom. The number of H-pyrrole nitrogens is 1. The lowest BCUT2D eigenvalue weighted by Gasteiger charge is -2.41. The number of benzene rings is 1. The second kappa shape index (κ2) is 4.20. The van der Waals surface area contributed by atoms with Gasteiger partial charge in [-0.15, -0.1) is 0 Å². The normalized spacial score (nSPS) is 26.9. The van der Waals surface area contributed by atoms with Crippen LogP contribution in [0, 0.1) is 5.92 Å². The predicted molar refractivity (Wildman–Crippen MR) is 75.1 cm³/mol. The molecular weight excluding hydrogens is 236 g/mol. The van der Waals surface area contributed by atoms with Gasteiger partial charge in [0, 0.05) is 29.1 Å². The quantitative estimate of drug-likeness (QED) is 0.794. The van der Waals surface area contributed by atoms with Gasteiger partial charge in [0.25, 0.3) is 0 Å². The smallest absolute Gasteiger partial charge is 0.123 e. The molecule has 0 amide bonds. The number of nitrogens with zero attached hydrogens (tertiary/aromatic N) is 1. The van der Waals surface area contributed by atoms with Crippen LogP contribution in [-0.2, 0) is 11.2 Å². The first kappa shape index (κ1) is 11.2. The first-order valence-electron chi connectivity index (χ1n) is 7.15. The largest absolute Gasteiger partial charge is 0.357 e. The maximum atomic E-state index is 11.1. The summed E-state index contributed by atoms with van der Waals surface area (Å²) in [5.74, 6) is 0.235. The summed E-state index contributed by atoms with van der Waals surface area (Å²) in [4.78, 5) is 17.2. The molecule has 98 valence electrons. The topological polar surface area (TPSA) is 36.1 Å².